The van der Waals surface area contributed by atoms with E-state index in [0.717, 1.165) is 31.4 Å². The molecule has 0 saturated heterocycles. The second-order valence-corrected chi connectivity index (χ2v) is 4.61. The molecular weight excluding hydrogens is 205 g/mol. The van der Waals surface area contributed by atoms with E-state index in [2.05, 4.69) is 4.90 Å². The Bertz CT molecular complexity index is 338. The molecule has 0 aliphatic heterocycles. The number of benzene rings is 1. The Labute approximate surface area is 95.7 Å². The van der Waals surface area contributed by atoms with Crippen LogP contribution >= 0.6 is 0 Å². The Morgan fingerprint density at radius 3 is 2.56 bits per heavy atom. The second-order valence-electron chi connectivity index (χ2n) is 4.61. The molecule has 1 fully saturated rings. The highest BCUT2D eigenvalue weighted by Crippen LogP contribution is 2.24. The van der Waals surface area contributed by atoms with Crippen LogP contribution in [0.3, 0.4) is 0 Å². The highest BCUT2D eigenvalue weighted by atomic mass is 19.1. The van der Waals surface area contributed by atoms with Crippen molar-refractivity contribution in [2.24, 2.45) is 0 Å². The van der Waals surface area contributed by atoms with Crippen LogP contribution in [0.5, 0.6) is 0 Å². The van der Waals surface area contributed by atoms with Gasteiger partial charge in [0.05, 0.1) is 6.10 Å². The Hall–Kier alpha value is -0.930. The van der Waals surface area contributed by atoms with Crippen molar-refractivity contribution in [2.75, 3.05) is 7.05 Å². The van der Waals surface area contributed by atoms with E-state index < -0.39 is 0 Å². The molecule has 1 aliphatic carbocycles. The van der Waals surface area contributed by atoms with Gasteiger partial charge in [0.2, 0.25) is 0 Å². The molecule has 1 aromatic carbocycles. The lowest BCUT2D eigenvalue weighted by atomic mass is 10.1. The summed E-state index contributed by atoms with van der Waals surface area (Å²) in [4.78, 5) is 2.16. The van der Waals surface area contributed by atoms with E-state index in [0.29, 0.717) is 0 Å². The van der Waals surface area contributed by atoms with Gasteiger partial charge >= 0.3 is 0 Å². The molecule has 2 unspecified atom stereocenters. The fourth-order valence-electron chi connectivity index (χ4n) is 2.43. The van der Waals surface area contributed by atoms with Crippen LogP contribution in [0, 0.1) is 5.82 Å². The smallest absolute Gasteiger partial charge is 0.123 e. The second kappa shape index (κ2) is 4.93. The van der Waals surface area contributed by atoms with Gasteiger partial charge in [0.15, 0.2) is 0 Å². The predicted octanol–water partition coefficient (Wildman–Crippen LogP) is 2.17. The van der Waals surface area contributed by atoms with Crippen LogP contribution in [0.1, 0.15) is 24.8 Å². The van der Waals surface area contributed by atoms with Crippen LogP contribution in [0.25, 0.3) is 0 Å². The standard InChI is InChI=1S/C13H18FNO/c1-15(12-3-2-4-13(12)16)9-10-5-7-11(14)8-6-10/h5-8,12-13,16H,2-4,9H2,1H3. The molecule has 16 heavy (non-hydrogen) atoms. The summed E-state index contributed by atoms with van der Waals surface area (Å²) < 4.78 is 12.7. The molecule has 2 rings (SSSR count). The number of aliphatic hydroxyl groups excluding tert-OH is 1. The van der Waals surface area contributed by atoms with Crippen LogP contribution in [-0.4, -0.2) is 29.2 Å². The van der Waals surface area contributed by atoms with E-state index in [9.17, 15) is 9.50 Å². The summed E-state index contributed by atoms with van der Waals surface area (Å²) in [6.07, 6.45) is 2.85. The molecule has 2 atom stereocenters. The highest BCUT2D eigenvalue weighted by molar-refractivity contribution is 5.16. The minimum absolute atomic E-state index is 0.202. The molecule has 0 radical (unpaired) electrons. The SMILES string of the molecule is CN(Cc1ccc(F)cc1)C1CCCC1O. The molecule has 2 nitrogen and oxygen atoms in total. The van der Waals surface area contributed by atoms with Crippen molar-refractivity contribution in [3.8, 4) is 0 Å². The van der Waals surface area contributed by atoms with E-state index in [-0.39, 0.29) is 18.0 Å². The number of rotatable bonds is 3. The third-order valence-electron chi connectivity index (χ3n) is 3.36. The topological polar surface area (TPSA) is 23.5 Å². The maximum atomic E-state index is 12.7. The summed E-state index contributed by atoms with van der Waals surface area (Å²) in [7, 11) is 2.02. The molecule has 1 aromatic rings. The zero-order valence-corrected chi connectivity index (χ0v) is 9.56. The first kappa shape index (κ1) is 11.6. The molecule has 1 saturated carbocycles. The largest absolute Gasteiger partial charge is 0.391 e. The van der Waals surface area contributed by atoms with Crippen LogP contribution in [0.4, 0.5) is 4.39 Å². The summed E-state index contributed by atoms with van der Waals surface area (Å²) in [5.41, 5.74) is 1.09. The summed E-state index contributed by atoms with van der Waals surface area (Å²) in [6.45, 7) is 0.766. The molecule has 88 valence electrons. The first-order valence-electron chi connectivity index (χ1n) is 5.79. The quantitative estimate of drug-likeness (QED) is 0.849. The molecule has 0 heterocycles. The number of hydrogen-bond donors (Lipinski definition) is 1. The van der Waals surface area contributed by atoms with Gasteiger partial charge in [-0.05, 0) is 44.0 Å². The number of nitrogens with zero attached hydrogens (tertiary/aromatic N) is 1. The fourth-order valence-corrected chi connectivity index (χ4v) is 2.43. The summed E-state index contributed by atoms with van der Waals surface area (Å²) >= 11 is 0. The zero-order chi connectivity index (χ0) is 11.5. The summed E-state index contributed by atoms with van der Waals surface area (Å²) in [5.74, 6) is -0.202. The molecule has 0 aromatic heterocycles. The van der Waals surface area contributed by atoms with Gasteiger partial charge in [0.1, 0.15) is 5.82 Å². The average Bonchev–Trinajstić information content (AvgIpc) is 2.68. The highest BCUT2D eigenvalue weighted by Gasteiger charge is 2.28. The van der Waals surface area contributed by atoms with Crippen molar-refractivity contribution in [3.63, 3.8) is 0 Å². The van der Waals surface area contributed by atoms with Crippen molar-refractivity contribution >= 4 is 0 Å². The lowest BCUT2D eigenvalue weighted by Gasteiger charge is -2.26. The van der Waals surface area contributed by atoms with Gasteiger partial charge in [-0.25, -0.2) is 4.39 Å². The Morgan fingerprint density at radius 1 is 1.31 bits per heavy atom. The maximum Gasteiger partial charge on any atom is 0.123 e. The van der Waals surface area contributed by atoms with E-state index in [4.69, 9.17) is 0 Å². The van der Waals surface area contributed by atoms with E-state index in [1.807, 2.05) is 7.05 Å². The van der Waals surface area contributed by atoms with Crippen LogP contribution < -0.4 is 0 Å². The molecule has 0 spiro atoms. The fraction of sp³-hybridized carbons (Fsp3) is 0.538. The minimum atomic E-state index is -0.203. The van der Waals surface area contributed by atoms with Crippen LogP contribution in [-0.2, 0) is 6.54 Å². The van der Waals surface area contributed by atoms with Gasteiger partial charge in [0, 0.05) is 12.6 Å². The lowest BCUT2D eigenvalue weighted by Crippen LogP contribution is -2.36. The predicted molar refractivity (Wildman–Crippen MR) is 61.5 cm³/mol. The number of likely N-dealkylation sites (N-methyl/N-ethyl adjacent to an activating group) is 1. The van der Waals surface area contributed by atoms with E-state index in [1.165, 1.54) is 12.1 Å². The average molecular weight is 223 g/mol. The molecule has 0 bridgehead atoms. The van der Waals surface area contributed by atoms with Gasteiger partial charge in [0.25, 0.3) is 0 Å². The first-order chi connectivity index (χ1) is 7.66. The Balaban J connectivity index is 1.96. The lowest BCUT2D eigenvalue weighted by molar-refractivity contribution is 0.0825. The van der Waals surface area contributed by atoms with Crippen molar-refractivity contribution in [1.82, 2.24) is 4.90 Å². The Kier molecular flexibility index (Phi) is 3.56. The van der Waals surface area contributed by atoms with Crippen molar-refractivity contribution in [2.45, 2.75) is 38.0 Å². The van der Waals surface area contributed by atoms with Gasteiger partial charge in [-0.3, -0.25) is 4.90 Å². The van der Waals surface area contributed by atoms with E-state index >= 15 is 0 Å². The van der Waals surface area contributed by atoms with Crippen LogP contribution in [0.15, 0.2) is 24.3 Å². The van der Waals surface area contributed by atoms with Gasteiger partial charge in [-0.15, -0.1) is 0 Å². The summed E-state index contributed by atoms with van der Waals surface area (Å²) in [6, 6.07) is 6.81. The monoisotopic (exact) mass is 223 g/mol. The first-order valence-corrected chi connectivity index (χ1v) is 5.79. The molecule has 3 heteroatoms. The molecular formula is C13H18FNO. The zero-order valence-electron chi connectivity index (χ0n) is 9.56. The molecule has 1 aliphatic rings. The third kappa shape index (κ3) is 2.60. The van der Waals surface area contributed by atoms with Crippen molar-refractivity contribution in [3.05, 3.63) is 35.6 Å². The number of aliphatic hydroxyl groups is 1. The summed E-state index contributed by atoms with van der Waals surface area (Å²) in [5, 5.41) is 9.78. The van der Waals surface area contributed by atoms with Gasteiger partial charge in [-0.2, -0.15) is 0 Å². The van der Waals surface area contributed by atoms with Gasteiger partial charge in [-0.1, -0.05) is 12.1 Å². The van der Waals surface area contributed by atoms with Crippen molar-refractivity contribution in [1.29, 1.82) is 0 Å². The van der Waals surface area contributed by atoms with E-state index in [1.54, 1.807) is 12.1 Å². The molecule has 1 N–H and O–H groups in total. The van der Waals surface area contributed by atoms with Gasteiger partial charge < -0.3 is 5.11 Å². The maximum absolute atomic E-state index is 12.7. The normalized spacial score (nSPS) is 25.2. The minimum Gasteiger partial charge on any atom is -0.391 e. The number of halogens is 1. The number of hydrogen-bond acceptors (Lipinski definition) is 2. The Morgan fingerprint density at radius 2 is 2.00 bits per heavy atom. The third-order valence-corrected chi connectivity index (χ3v) is 3.36. The van der Waals surface area contributed by atoms with Crippen molar-refractivity contribution < 1.29 is 9.50 Å². The molecule has 0 amide bonds. The van der Waals surface area contributed by atoms with Crippen LogP contribution in [0.2, 0.25) is 0 Å².